The Balaban J connectivity index is 0.00000126. The van der Waals surface area contributed by atoms with Crippen molar-refractivity contribution in [1.82, 2.24) is 21.3 Å². The zero-order valence-corrected chi connectivity index (χ0v) is 30.6. The normalized spacial score (nSPS) is 14.3. The van der Waals surface area contributed by atoms with E-state index in [0.29, 0.717) is 32.1 Å². The highest BCUT2D eigenvalue weighted by Crippen LogP contribution is 2.32. The molecular weight excluding hydrogens is 695 g/mol. The first-order valence-electron chi connectivity index (χ1n) is 17.6. The number of hydrogen-bond donors (Lipinski definition) is 7. The van der Waals surface area contributed by atoms with Crippen molar-refractivity contribution in [1.29, 1.82) is 0 Å². The van der Waals surface area contributed by atoms with Gasteiger partial charge < -0.3 is 37.8 Å². The smallest absolute Gasteiger partial charge is 0.475 e. The first-order chi connectivity index (χ1) is 24.9. The average molecular weight is 748 g/mol. The van der Waals surface area contributed by atoms with E-state index in [9.17, 15) is 32.3 Å². The fourth-order valence-electron chi connectivity index (χ4n) is 5.88. The second-order valence-corrected chi connectivity index (χ2v) is 13.2. The van der Waals surface area contributed by atoms with E-state index >= 15 is 0 Å². The second-order valence-electron chi connectivity index (χ2n) is 13.2. The number of halogens is 3. The predicted octanol–water partition coefficient (Wildman–Crippen LogP) is 3.82. The molecule has 16 heteroatoms. The highest BCUT2D eigenvalue weighted by molar-refractivity contribution is 5.97. The molecule has 0 spiro atoms. The van der Waals surface area contributed by atoms with Crippen LogP contribution in [-0.2, 0) is 24.0 Å². The number of nitrogens with zero attached hydrogens (tertiary/aromatic N) is 1. The Kier molecular flexibility index (Phi) is 16.8. The number of aliphatic carboxylic acids is 1. The van der Waals surface area contributed by atoms with E-state index in [-0.39, 0.29) is 36.7 Å². The lowest BCUT2D eigenvalue weighted by Crippen LogP contribution is -2.64. The minimum atomic E-state index is -5.08. The maximum absolute atomic E-state index is 14.2. The van der Waals surface area contributed by atoms with E-state index in [1.54, 1.807) is 13.8 Å². The monoisotopic (exact) mass is 747 g/mol. The van der Waals surface area contributed by atoms with Crippen LogP contribution in [-0.4, -0.2) is 70.5 Å². The molecule has 0 saturated heterocycles. The molecule has 0 bridgehead atoms. The number of aliphatic imine (C=N–C) groups is 1. The molecule has 4 amide bonds. The average Bonchev–Trinajstić information content (AvgIpc) is 3.60. The first-order valence-corrected chi connectivity index (χ1v) is 17.6. The number of benzene rings is 2. The highest BCUT2D eigenvalue weighted by atomic mass is 19.4. The third-order valence-corrected chi connectivity index (χ3v) is 9.13. The molecule has 1 fully saturated rings. The summed E-state index contributed by atoms with van der Waals surface area (Å²) in [6.45, 7) is 7.43. The molecule has 1 saturated carbocycles. The first kappa shape index (κ1) is 44.0. The molecule has 0 aliphatic heterocycles. The molecule has 2 aromatic rings. The van der Waals surface area contributed by atoms with Crippen molar-refractivity contribution in [3.05, 3.63) is 71.8 Å². The summed E-state index contributed by atoms with van der Waals surface area (Å²) in [4.78, 5) is 67.6. The van der Waals surface area contributed by atoms with Gasteiger partial charge in [0.2, 0.25) is 23.6 Å². The van der Waals surface area contributed by atoms with Gasteiger partial charge >= 0.3 is 12.1 Å². The van der Waals surface area contributed by atoms with Crippen molar-refractivity contribution < 1.29 is 42.3 Å². The molecule has 1 aliphatic rings. The zero-order chi connectivity index (χ0) is 39.8. The van der Waals surface area contributed by atoms with E-state index in [1.165, 1.54) is 0 Å². The summed E-state index contributed by atoms with van der Waals surface area (Å²) < 4.78 is 31.7. The van der Waals surface area contributed by atoms with Gasteiger partial charge in [0.25, 0.3) is 0 Å². The molecule has 1 aliphatic carbocycles. The number of nitrogens with two attached hydrogens (primary N) is 2. The summed E-state index contributed by atoms with van der Waals surface area (Å²) >= 11 is 0. The molecule has 0 aromatic heterocycles. The van der Waals surface area contributed by atoms with E-state index in [2.05, 4.69) is 26.3 Å². The van der Waals surface area contributed by atoms with Gasteiger partial charge in [0, 0.05) is 12.5 Å². The predicted molar refractivity (Wildman–Crippen MR) is 194 cm³/mol. The van der Waals surface area contributed by atoms with Crippen LogP contribution in [0.2, 0.25) is 0 Å². The van der Waals surface area contributed by atoms with Crippen molar-refractivity contribution in [2.75, 3.05) is 6.54 Å². The Morgan fingerprint density at radius 2 is 1.34 bits per heavy atom. The minimum absolute atomic E-state index is 0.0645. The Labute approximate surface area is 307 Å². The second kappa shape index (κ2) is 20.2. The maximum Gasteiger partial charge on any atom is 0.490 e. The van der Waals surface area contributed by atoms with Crippen LogP contribution in [0.25, 0.3) is 0 Å². The Morgan fingerprint density at radius 3 is 1.75 bits per heavy atom. The molecular formula is C37H52F3N7O6. The van der Waals surface area contributed by atoms with Crippen LogP contribution in [0.1, 0.15) is 96.2 Å². The molecule has 9 N–H and O–H groups in total. The Morgan fingerprint density at radius 1 is 0.849 bits per heavy atom. The fourth-order valence-corrected chi connectivity index (χ4v) is 5.88. The van der Waals surface area contributed by atoms with Crippen molar-refractivity contribution in [3.63, 3.8) is 0 Å². The summed E-state index contributed by atoms with van der Waals surface area (Å²) in [6, 6.07) is 18.0. The standard InChI is InChI=1S/C35H51N7O4.C2HF3O2/c1-5-34(6-2,41-29(43)24(3)4)31(45)39-27(20-15-23-38-33(36)37)30(44)42-35(21-13-14-22-35)32(46)40-28(25-16-9-7-10-17-25)26-18-11-8-12-19-26;3-2(4,5)1(6)7/h7-12,16-19,24,27-28H,5-6,13-15,20-23H2,1-4H3,(H,39,45)(H,40,46)(H,41,43)(H,42,44)(H4,36,37,38);(H,6,7)/t27-;/m0./s1. The lowest BCUT2D eigenvalue weighted by atomic mass is 9.89. The molecule has 3 rings (SSSR count). The SMILES string of the molecule is CCC(CC)(NC(=O)C(C)C)C(=O)N[C@@H](CCCN=C(N)N)C(=O)NC1(C(=O)NC(c2ccccc2)c2ccccc2)CCCC1.O=C(O)C(F)(F)F. The quantitative estimate of drug-likeness (QED) is 0.0759. The number of alkyl halides is 3. The number of carboxylic acids is 1. The van der Waals surface area contributed by atoms with Gasteiger partial charge in [-0.2, -0.15) is 13.2 Å². The third-order valence-electron chi connectivity index (χ3n) is 9.13. The summed E-state index contributed by atoms with van der Waals surface area (Å²) in [7, 11) is 0. The highest BCUT2D eigenvalue weighted by Gasteiger charge is 2.45. The van der Waals surface area contributed by atoms with Crippen molar-refractivity contribution >= 4 is 35.6 Å². The van der Waals surface area contributed by atoms with E-state index < -0.39 is 47.1 Å². The number of carbonyl (C=O) groups is 5. The third kappa shape index (κ3) is 13.1. The molecule has 13 nitrogen and oxygen atoms in total. The van der Waals surface area contributed by atoms with Crippen LogP contribution in [0.15, 0.2) is 65.7 Å². The largest absolute Gasteiger partial charge is 0.490 e. The van der Waals surface area contributed by atoms with Gasteiger partial charge in [0.05, 0.1) is 6.04 Å². The summed E-state index contributed by atoms with van der Waals surface area (Å²) in [5.41, 5.74) is 10.5. The summed E-state index contributed by atoms with van der Waals surface area (Å²) in [6.07, 6.45) is -1.31. The molecule has 292 valence electrons. The molecule has 0 unspecified atom stereocenters. The maximum atomic E-state index is 14.2. The van der Waals surface area contributed by atoms with Gasteiger partial charge in [-0.15, -0.1) is 0 Å². The van der Waals surface area contributed by atoms with E-state index in [0.717, 1.165) is 24.0 Å². The fraction of sp³-hybridized carbons (Fsp3) is 0.514. The molecule has 0 radical (unpaired) electrons. The molecule has 53 heavy (non-hydrogen) atoms. The number of rotatable bonds is 16. The van der Waals surface area contributed by atoms with Gasteiger partial charge in [-0.05, 0) is 49.7 Å². The summed E-state index contributed by atoms with van der Waals surface area (Å²) in [5, 5.41) is 19.2. The number of carboxylic acid groups (broad SMARTS) is 1. The van der Waals surface area contributed by atoms with Crippen LogP contribution in [0.4, 0.5) is 13.2 Å². The van der Waals surface area contributed by atoms with Crippen molar-refractivity contribution in [2.24, 2.45) is 22.4 Å². The molecule has 2 aromatic carbocycles. The Hall–Kier alpha value is -5.15. The van der Waals surface area contributed by atoms with Gasteiger partial charge in [0.15, 0.2) is 5.96 Å². The molecule has 0 heterocycles. The number of guanidine groups is 1. The molecule has 1 atom stereocenters. The van der Waals surface area contributed by atoms with Gasteiger partial charge in [-0.25, -0.2) is 4.79 Å². The number of carbonyl (C=O) groups excluding carboxylic acids is 4. The zero-order valence-electron chi connectivity index (χ0n) is 30.6. The van der Waals surface area contributed by atoms with E-state index in [1.807, 2.05) is 74.5 Å². The van der Waals surface area contributed by atoms with Crippen LogP contribution >= 0.6 is 0 Å². The van der Waals surface area contributed by atoms with Crippen LogP contribution in [0.3, 0.4) is 0 Å². The Bertz CT molecular complexity index is 1500. The van der Waals surface area contributed by atoms with Gasteiger partial charge in [0.1, 0.15) is 17.1 Å². The van der Waals surface area contributed by atoms with Crippen LogP contribution < -0.4 is 32.7 Å². The number of hydrogen-bond acceptors (Lipinski definition) is 6. The summed E-state index contributed by atoms with van der Waals surface area (Å²) in [5.74, 6) is -4.59. The van der Waals surface area contributed by atoms with E-state index in [4.69, 9.17) is 21.4 Å². The van der Waals surface area contributed by atoms with Gasteiger partial charge in [-0.3, -0.25) is 24.2 Å². The van der Waals surface area contributed by atoms with Crippen molar-refractivity contribution in [3.8, 4) is 0 Å². The van der Waals surface area contributed by atoms with Crippen molar-refractivity contribution in [2.45, 2.75) is 108 Å². The minimum Gasteiger partial charge on any atom is -0.475 e. The topological polar surface area (TPSA) is 218 Å². The lowest BCUT2D eigenvalue weighted by Gasteiger charge is -2.36. The van der Waals surface area contributed by atoms with Gasteiger partial charge in [-0.1, -0.05) is 101 Å². The number of amides is 4. The lowest BCUT2D eigenvalue weighted by molar-refractivity contribution is -0.192. The van der Waals surface area contributed by atoms with Crippen LogP contribution in [0.5, 0.6) is 0 Å². The van der Waals surface area contributed by atoms with Crippen LogP contribution in [0, 0.1) is 5.92 Å². The number of nitrogens with one attached hydrogen (secondary N) is 4.